The van der Waals surface area contributed by atoms with Gasteiger partial charge in [0.15, 0.2) is 5.82 Å². The molecule has 1 aliphatic rings. The fourth-order valence-electron chi connectivity index (χ4n) is 2.50. The molecule has 0 bridgehead atoms. The zero-order valence-electron chi connectivity index (χ0n) is 11.4. The van der Waals surface area contributed by atoms with Crippen LogP contribution in [0.2, 0.25) is 0 Å². The van der Waals surface area contributed by atoms with Gasteiger partial charge in [0.25, 0.3) is 0 Å². The van der Waals surface area contributed by atoms with Crippen LogP contribution in [0, 0.1) is 24.4 Å². The van der Waals surface area contributed by atoms with E-state index in [-0.39, 0.29) is 17.5 Å². The van der Waals surface area contributed by atoms with E-state index in [1.54, 1.807) is 19.1 Å². The Balaban J connectivity index is 1.98. The second-order valence-corrected chi connectivity index (χ2v) is 6.15. The molecule has 2 aromatic rings. The largest absolute Gasteiger partial charge is 0.373 e. The Morgan fingerprint density at radius 1 is 1.10 bits per heavy atom. The first kappa shape index (κ1) is 14.3. The quantitative estimate of drug-likeness (QED) is 0.832. The van der Waals surface area contributed by atoms with Crippen molar-refractivity contribution in [3.63, 3.8) is 0 Å². The highest BCUT2D eigenvalue weighted by Crippen LogP contribution is 2.40. The van der Waals surface area contributed by atoms with Crippen LogP contribution < -0.4 is 5.32 Å². The summed E-state index contributed by atoms with van der Waals surface area (Å²) in [5, 5.41) is 2.91. The zero-order chi connectivity index (χ0) is 15.0. The first-order valence-electron chi connectivity index (χ1n) is 6.70. The van der Waals surface area contributed by atoms with Crippen LogP contribution in [0.25, 0.3) is 0 Å². The predicted octanol–water partition coefficient (Wildman–Crippen LogP) is 5.06. The number of benzene rings is 2. The second-order valence-electron chi connectivity index (χ2n) is 5.05. The van der Waals surface area contributed by atoms with Crippen LogP contribution in [0.4, 0.5) is 18.9 Å². The van der Waals surface area contributed by atoms with Crippen LogP contribution in [0.3, 0.4) is 0 Å². The lowest BCUT2D eigenvalue weighted by atomic mass is 10.0. The highest BCUT2D eigenvalue weighted by atomic mass is 32.2. The minimum atomic E-state index is -0.630. The number of hydrogen-bond acceptors (Lipinski definition) is 2. The van der Waals surface area contributed by atoms with Crippen molar-refractivity contribution in [2.45, 2.75) is 24.3 Å². The van der Waals surface area contributed by atoms with E-state index in [2.05, 4.69) is 5.32 Å². The van der Waals surface area contributed by atoms with E-state index < -0.39 is 11.6 Å². The molecule has 1 atom stereocenters. The van der Waals surface area contributed by atoms with Crippen LogP contribution in [0.5, 0.6) is 0 Å². The lowest BCUT2D eigenvalue weighted by Gasteiger charge is -2.27. The molecule has 110 valence electrons. The van der Waals surface area contributed by atoms with E-state index in [1.807, 2.05) is 0 Å². The lowest BCUT2D eigenvalue weighted by Crippen LogP contribution is -2.18. The number of fused-ring (bicyclic) bond motifs is 1. The monoisotopic (exact) mass is 309 g/mol. The van der Waals surface area contributed by atoms with Crippen molar-refractivity contribution in [1.82, 2.24) is 0 Å². The maximum absolute atomic E-state index is 14.1. The van der Waals surface area contributed by atoms with Crippen molar-refractivity contribution in [3.8, 4) is 0 Å². The standard InChI is InChI=1S/C16H14F3NS/c1-9-5-6-11(17)15(14(9)19)20-13-7-8-21-16-10(13)3-2-4-12(16)18/h2-6,13,20H,7-8H2,1H3. The van der Waals surface area contributed by atoms with Crippen molar-refractivity contribution in [2.75, 3.05) is 11.1 Å². The van der Waals surface area contributed by atoms with E-state index in [0.29, 0.717) is 22.6 Å². The highest BCUT2D eigenvalue weighted by Gasteiger charge is 2.25. The summed E-state index contributed by atoms with van der Waals surface area (Å²) in [6, 6.07) is 7.18. The molecular formula is C16H14F3NS. The van der Waals surface area contributed by atoms with Gasteiger partial charge in [-0.15, -0.1) is 11.8 Å². The maximum atomic E-state index is 14.1. The molecule has 1 nitrogen and oxygen atoms in total. The molecule has 2 aromatic carbocycles. The van der Waals surface area contributed by atoms with Gasteiger partial charge in [-0.2, -0.15) is 0 Å². The number of nitrogens with one attached hydrogen (secondary N) is 1. The van der Waals surface area contributed by atoms with Gasteiger partial charge in [-0.05, 0) is 36.6 Å². The molecule has 1 N–H and O–H groups in total. The van der Waals surface area contributed by atoms with E-state index in [9.17, 15) is 13.2 Å². The molecule has 21 heavy (non-hydrogen) atoms. The number of hydrogen-bond donors (Lipinski definition) is 1. The fraction of sp³-hybridized carbons (Fsp3) is 0.250. The second kappa shape index (κ2) is 5.64. The first-order chi connectivity index (χ1) is 10.1. The summed E-state index contributed by atoms with van der Waals surface area (Å²) >= 11 is 1.44. The number of halogens is 3. The third kappa shape index (κ3) is 2.62. The zero-order valence-corrected chi connectivity index (χ0v) is 12.2. The summed E-state index contributed by atoms with van der Waals surface area (Å²) in [7, 11) is 0. The van der Waals surface area contributed by atoms with Crippen LogP contribution in [-0.4, -0.2) is 5.75 Å². The van der Waals surface area contributed by atoms with Gasteiger partial charge >= 0.3 is 0 Å². The molecule has 1 unspecified atom stereocenters. The van der Waals surface area contributed by atoms with Gasteiger partial charge in [0.2, 0.25) is 0 Å². The Bertz CT molecular complexity index is 687. The molecular weight excluding hydrogens is 295 g/mol. The molecule has 0 fully saturated rings. The van der Waals surface area contributed by atoms with Crippen LogP contribution in [0.1, 0.15) is 23.6 Å². The van der Waals surface area contributed by atoms with Gasteiger partial charge in [0, 0.05) is 10.6 Å². The Morgan fingerprint density at radius 2 is 1.90 bits per heavy atom. The number of anilines is 1. The minimum Gasteiger partial charge on any atom is -0.373 e. The van der Waals surface area contributed by atoms with E-state index in [1.165, 1.54) is 30.0 Å². The smallest absolute Gasteiger partial charge is 0.152 e. The van der Waals surface area contributed by atoms with Crippen molar-refractivity contribution >= 4 is 17.4 Å². The average Bonchev–Trinajstić information content (AvgIpc) is 2.48. The van der Waals surface area contributed by atoms with Gasteiger partial charge in [-0.3, -0.25) is 0 Å². The van der Waals surface area contributed by atoms with Gasteiger partial charge in [0.05, 0.1) is 6.04 Å². The molecule has 1 heterocycles. The number of aryl methyl sites for hydroxylation is 1. The van der Waals surface area contributed by atoms with Crippen molar-refractivity contribution in [3.05, 3.63) is 58.9 Å². The normalized spacial score (nSPS) is 17.4. The third-order valence-corrected chi connectivity index (χ3v) is 4.79. The Hall–Kier alpha value is -1.62. The third-order valence-electron chi connectivity index (χ3n) is 3.63. The number of thioether (sulfide) groups is 1. The van der Waals surface area contributed by atoms with Crippen molar-refractivity contribution < 1.29 is 13.2 Å². The van der Waals surface area contributed by atoms with E-state index >= 15 is 0 Å². The molecule has 0 aliphatic carbocycles. The van der Waals surface area contributed by atoms with Gasteiger partial charge < -0.3 is 5.32 Å². The van der Waals surface area contributed by atoms with Gasteiger partial charge in [-0.25, -0.2) is 13.2 Å². The van der Waals surface area contributed by atoms with Crippen molar-refractivity contribution in [2.24, 2.45) is 0 Å². The maximum Gasteiger partial charge on any atom is 0.152 e. The van der Waals surface area contributed by atoms with Crippen LogP contribution in [-0.2, 0) is 0 Å². The predicted molar refractivity (Wildman–Crippen MR) is 79.2 cm³/mol. The minimum absolute atomic E-state index is 0.137. The van der Waals surface area contributed by atoms with E-state index in [0.717, 1.165) is 5.56 Å². The summed E-state index contributed by atoms with van der Waals surface area (Å²) in [6.45, 7) is 1.59. The van der Waals surface area contributed by atoms with Gasteiger partial charge in [0.1, 0.15) is 17.3 Å². The molecule has 0 amide bonds. The number of rotatable bonds is 2. The molecule has 0 radical (unpaired) electrons. The Labute approximate surface area is 125 Å². The summed E-state index contributed by atoms with van der Waals surface area (Å²) in [4.78, 5) is 0.565. The highest BCUT2D eigenvalue weighted by molar-refractivity contribution is 7.99. The molecule has 0 aromatic heterocycles. The van der Waals surface area contributed by atoms with E-state index in [4.69, 9.17) is 0 Å². The SMILES string of the molecule is Cc1ccc(F)c(NC2CCSc3c(F)cccc32)c1F. The summed E-state index contributed by atoms with van der Waals surface area (Å²) in [5.74, 6) is -0.796. The summed E-state index contributed by atoms with van der Waals surface area (Å²) in [5.41, 5.74) is 0.997. The fourth-order valence-corrected chi connectivity index (χ4v) is 3.64. The van der Waals surface area contributed by atoms with Crippen molar-refractivity contribution in [1.29, 1.82) is 0 Å². The Kier molecular flexibility index (Phi) is 3.85. The lowest BCUT2D eigenvalue weighted by molar-refractivity contribution is 0.567. The topological polar surface area (TPSA) is 12.0 Å². The molecule has 5 heteroatoms. The molecule has 0 spiro atoms. The van der Waals surface area contributed by atoms with Crippen LogP contribution >= 0.6 is 11.8 Å². The average molecular weight is 309 g/mol. The summed E-state index contributed by atoms with van der Waals surface area (Å²) < 4.78 is 41.8. The molecule has 1 aliphatic heterocycles. The van der Waals surface area contributed by atoms with Crippen LogP contribution in [0.15, 0.2) is 35.2 Å². The molecule has 0 saturated heterocycles. The van der Waals surface area contributed by atoms with Gasteiger partial charge in [-0.1, -0.05) is 18.2 Å². The first-order valence-corrected chi connectivity index (χ1v) is 7.69. The molecule has 3 rings (SSSR count). The molecule has 0 saturated carbocycles. The summed E-state index contributed by atoms with van der Waals surface area (Å²) in [6.07, 6.45) is 0.688. The Morgan fingerprint density at radius 3 is 2.71 bits per heavy atom.